The lowest BCUT2D eigenvalue weighted by atomic mass is 10.1. The molecule has 0 radical (unpaired) electrons. The van der Waals surface area contributed by atoms with Gasteiger partial charge < -0.3 is 0 Å². The predicted molar refractivity (Wildman–Crippen MR) is 52.3 cm³/mol. The number of rotatable bonds is 1. The van der Waals surface area contributed by atoms with Crippen LogP contribution in [0.3, 0.4) is 0 Å². The normalized spacial score (nSPS) is 9.46. The lowest BCUT2D eigenvalue weighted by Crippen LogP contribution is -1.80. The average molecular weight is 186 g/mol. The van der Waals surface area contributed by atoms with Crippen LogP contribution in [0.2, 0.25) is 0 Å². The van der Waals surface area contributed by atoms with E-state index < -0.39 is 0 Å². The molecule has 2 heterocycles. The van der Waals surface area contributed by atoms with Crippen LogP contribution in [0.15, 0.2) is 35.3 Å². The van der Waals surface area contributed by atoms with E-state index in [1.54, 1.807) is 23.7 Å². The van der Waals surface area contributed by atoms with Crippen molar-refractivity contribution in [2.45, 2.75) is 0 Å². The van der Waals surface area contributed by atoms with Gasteiger partial charge in [-0.1, -0.05) is 0 Å². The molecular weight excluding hydrogens is 180 g/mol. The quantitative estimate of drug-likeness (QED) is 0.686. The summed E-state index contributed by atoms with van der Waals surface area (Å²) in [4.78, 5) is 3.99. The SMILES string of the molecule is N#Cc1cncc(-c2ccsc2)c1. The minimum absolute atomic E-state index is 0.601. The first kappa shape index (κ1) is 7.96. The minimum atomic E-state index is 0.601. The van der Waals surface area contributed by atoms with Crippen molar-refractivity contribution in [1.29, 1.82) is 5.26 Å². The van der Waals surface area contributed by atoms with Crippen molar-refractivity contribution in [3.8, 4) is 17.2 Å². The second kappa shape index (κ2) is 3.38. The Hall–Kier alpha value is -1.66. The number of hydrogen-bond acceptors (Lipinski definition) is 3. The number of nitrogens with zero attached hydrogens (tertiary/aromatic N) is 2. The van der Waals surface area contributed by atoms with Gasteiger partial charge in [-0.3, -0.25) is 4.98 Å². The zero-order chi connectivity index (χ0) is 9.10. The topological polar surface area (TPSA) is 36.7 Å². The van der Waals surface area contributed by atoms with E-state index in [2.05, 4.69) is 11.1 Å². The molecule has 2 aromatic rings. The Kier molecular flexibility index (Phi) is 2.07. The lowest BCUT2D eigenvalue weighted by Gasteiger charge is -1.95. The second-order valence-corrected chi connectivity index (χ2v) is 3.37. The number of hydrogen-bond donors (Lipinski definition) is 0. The molecule has 62 valence electrons. The van der Waals surface area contributed by atoms with Gasteiger partial charge in [0.25, 0.3) is 0 Å². The Morgan fingerprint density at radius 2 is 2.23 bits per heavy atom. The monoisotopic (exact) mass is 186 g/mol. The van der Waals surface area contributed by atoms with Gasteiger partial charge in [-0.15, -0.1) is 0 Å². The van der Waals surface area contributed by atoms with Gasteiger partial charge in [-0.2, -0.15) is 16.6 Å². The summed E-state index contributed by atoms with van der Waals surface area (Å²) in [7, 11) is 0. The smallest absolute Gasteiger partial charge is 0.101 e. The molecule has 0 saturated heterocycles. The molecule has 0 N–H and O–H groups in total. The molecule has 2 aromatic heterocycles. The molecule has 0 spiro atoms. The van der Waals surface area contributed by atoms with Crippen molar-refractivity contribution in [2.75, 3.05) is 0 Å². The fourth-order valence-electron chi connectivity index (χ4n) is 1.09. The summed E-state index contributed by atoms with van der Waals surface area (Å²) >= 11 is 1.64. The van der Waals surface area contributed by atoms with Crippen molar-refractivity contribution in [2.24, 2.45) is 0 Å². The standard InChI is InChI=1S/C10H6N2S/c11-4-8-3-10(6-12-5-8)9-1-2-13-7-9/h1-3,5-7H. The van der Waals surface area contributed by atoms with Crippen LogP contribution < -0.4 is 0 Å². The molecule has 0 aromatic carbocycles. The highest BCUT2D eigenvalue weighted by Gasteiger charge is 1.98. The van der Waals surface area contributed by atoms with Crippen LogP contribution in [-0.2, 0) is 0 Å². The Morgan fingerprint density at radius 1 is 1.31 bits per heavy atom. The van der Waals surface area contributed by atoms with Crippen LogP contribution in [0.5, 0.6) is 0 Å². The van der Waals surface area contributed by atoms with E-state index >= 15 is 0 Å². The molecule has 0 aliphatic rings. The first-order valence-electron chi connectivity index (χ1n) is 3.78. The van der Waals surface area contributed by atoms with Crippen LogP contribution in [0.25, 0.3) is 11.1 Å². The fraction of sp³-hybridized carbons (Fsp3) is 0. The molecular formula is C10H6N2S. The van der Waals surface area contributed by atoms with Gasteiger partial charge in [-0.05, 0) is 28.5 Å². The van der Waals surface area contributed by atoms with Gasteiger partial charge in [0.2, 0.25) is 0 Å². The highest BCUT2D eigenvalue weighted by molar-refractivity contribution is 7.08. The van der Waals surface area contributed by atoms with Gasteiger partial charge in [0.15, 0.2) is 0 Å². The molecule has 0 amide bonds. The van der Waals surface area contributed by atoms with E-state index in [1.165, 1.54) is 0 Å². The van der Waals surface area contributed by atoms with Crippen molar-refractivity contribution < 1.29 is 0 Å². The third kappa shape index (κ3) is 1.58. The summed E-state index contributed by atoms with van der Waals surface area (Å²) in [6.45, 7) is 0. The van der Waals surface area contributed by atoms with E-state index in [0.29, 0.717) is 5.56 Å². The van der Waals surface area contributed by atoms with Crippen LogP contribution >= 0.6 is 11.3 Å². The Morgan fingerprint density at radius 3 is 2.92 bits per heavy atom. The van der Waals surface area contributed by atoms with Crippen LogP contribution in [0.4, 0.5) is 0 Å². The van der Waals surface area contributed by atoms with E-state index in [-0.39, 0.29) is 0 Å². The van der Waals surface area contributed by atoms with Crippen LogP contribution in [0.1, 0.15) is 5.56 Å². The van der Waals surface area contributed by atoms with E-state index in [0.717, 1.165) is 11.1 Å². The van der Waals surface area contributed by atoms with E-state index in [1.807, 2.05) is 22.9 Å². The predicted octanol–water partition coefficient (Wildman–Crippen LogP) is 2.68. The van der Waals surface area contributed by atoms with Gasteiger partial charge >= 0.3 is 0 Å². The van der Waals surface area contributed by atoms with Gasteiger partial charge in [-0.25, -0.2) is 0 Å². The summed E-state index contributed by atoms with van der Waals surface area (Å²) in [6.07, 6.45) is 3.33. The van der Waals surface area contributed by atoms with Gasteiger partial charge in [0.1, 0.15) is 6.07 Å². The van der Waals surface area contributed by atoms with Gasteiger partial charge in [0, 0.05) is 18.0 Å². The molecule has 0 bridgehead atoms. The average Bonchev–Trinajstić information content (AvgIpc) is 2.71. The highest BCUT2D eigenvalue weighted by atomic mass is 32.1. The molecule has 0 saturated carbocycles. The summed E-state index contributed by atoms with van der Waals surface area (Å²) in [5, 5.41) is 12.7. The van der Waals surface area contributed by atoms with Crippen molar-refractivity contribution in [3.63, 3.8) is 0 Å². The lowest BCUT2D eigenvalue weighted by molar-refractivity contribution is 1.30. The van der Waals surface area contributed by atoms with E-state index in [4.69, 9.17) is 5.26 Å². The first-order valence-corrected chi connectivity index (χ1v) is 4.72. The maximum Gasteiger partial charge on any atom is 0.101 e. The zero-order valence-electron chi connectivity index (χ0n) is 6.77. The molecule has 0 fully saturated rings. The third-order valence-corrected chi connectivity index (χ3v) is 2.41. The summed E-state index contributed by atoms with van der Waals surface area (Å²) in [5.41, 5.74) is 2.72. The molecule has 13 heavy (non-hydrogen) atoms. The Labute approximate surface area is 80.1 Å². The summed E-state index contributed by atoms with van der Waals surface area (Å²) < 4.78 is 0. The molecule has 0 unspecified atom stereocenters. The molecule has 0 aliphatic heterocycles. The van der Waals surface area contributed by atoms with Crippen LogP contribution in [-0.4, -0.2) is 4.98 Å². The number of nitriles is 1. The Balaban J connectivity index is 2.49. The Bertz CT molecular complexity index is 440. The molecule has 3 heteroatoms. The first-order chi connectivity index (χ1) is 6.40. The number of thiophene rings is 1. The maximum absolute atomic E-state index is 8.67. The molecule has 2 rings (SSSR count). The minimum Gasteiger partial charge on any atom is -0.263 e. The van der Waals surface area contributed by atoms with Crippen molar-refractivity contribution in [3.05, 3.63) is 40.8 Å². The van der Waals surface area contributed by atoms with Crippen molar-refractivity contribution >= 4 is 11.3 Å². The fourth-order valence-corrected chi connectivity index (χ4v) is 1.75. The number of pyridine rings is 1. The third-order valence-electron chi connectivity index (χ3n) is 1.72. The van der Waals surface area contributed by atoms with Crippen molar-refractivity contribution in [1.82, 2.24) is 4.98 Å². The number of aromatic nitrogens is 1. The second-order valence-electron chi connectivity index (χ2n) is 2.59. The maximum atomic E-state index is 8.67. The summed E-state index contributed by atoms with van der Waals surface area (Å²) in [6, 6.07) is 5.93. The summed E-state index contributed by atoms with van der Waals surface area (Å²) in [5.74, 6) is 0. The zero-order valence-corrected chi connectivity index (χ0v) is 7.58. The largest absolute Gasteiger partial charge is 0.263 e. The highest BCUT2D eigenvalue weighted by Crippen LogP contribution is 2.21. The van der Waals surface area contributed by atoms with Gasteiger partial charge in [0.05, 0.1) is 5.56 Å². The van der Waals surface area contributed by atoms with Crippen LogP contribution in [0, 0.1) is 11.3 Å². The molecule has 0 aliphatic carbocycles. The molecule has 2 nitrogen and oxygen atoms in total. The molecule has 0 atom stereocenters. The van der Waals surface area contributed by atoms with E-state index in [9.17, 15) is 0 Å².